The van der Waals surface area contributed by atoms with Crippen LogP contribution >= 0.6 is 11.3 Å². The summed E-state index contributed by atoms with van der Waals surface area (Å²) in [6.45, 7) is 0. The van der Waals surface area contributed by atoms with Gasteiger partial charge in [0.15, 0.2) is 0 Å². The second-order valence-corrected chi connectivity index (χ2v) is 4.55. The molecule has 0 aliphatic heterocycles. The number of rotatable bonds is 2. The first kappa shape index (κ1) is 10.8. The molecule has 0 fully saturated rings. The van der Waals surface area contributed by atoms with Crippen LogP contribution in [0.4, 0.5) is 0 Å². The number of fused-ring (bicyclic) bond motifs is 1. The highest BCUT2D eigenvalue weighted by atomic mass is 32.1. The van der Waals surface area contributed by atoms with Crippen LogP contribution in [0.5, 0.6) is 0 Å². The molecule has 0 radical (unpaired) electrons. The van der Waals surface area contributed by atoms with Crippen LogP contribution < -0.4 is 0 Å². The molecule has 3 aromatic rings. The standard InChI is InChI=1S/C11H8N4O2S/c1-17-11(16)9-7-4-2-3-5-8(7)18-10(9)15-6-12-13-14-15/h2-6H,1H3. The number of methoxy groups -OCH3 is 1. The number of carbonyl (C=O) groups excluding carboxylic acids is 1. The summed E-state index contributed by atoms with van der Waals surface area (Å²) in [5.74, 6) is -0.391. The van der Waals surface area contributed by atoms with E-state index in [0.29, 0.717) is 10.6 Å². The third-order valence-electron chi connectivity index (χ3n) is 2.52. The monoisotopic (exact) mass is 260 g/mol. The lowest BCUT2D eigenvalue weighted by Gasteiger charge is -2.00. The van der Waals surface area contributed by atoms with Gasteiger partial charge in [0, 0.05) is 10.1 Å². The van der Waals surface area contributed by atoms with Crippen LogP contribution in [-0.4, -0.2) is 33.3 Å². The zero-order valence-electron chi connectivity index (χ0n) is 9.40. The van der Waals surface area contributed by atoms with Crippen molar-refractivity contribution in [1.82, 2.24) is 20.2 Å². The maximum absolute atomic E-state index is 11.9. The Kier molecular flexibility index (Phi) is 2.52. The lowest BCUT2D eigenvalue weighted by molar-refractivity contribution is 0.0603. The van der Waals surface area contributed by atoms with Gasteiger partial charge in [0.05, 0.1) is 7.11 Å². The van der Waals surface area contributed by atoms with E-state index in [-0.39, 0.29) is 0 Å². The number of hydrogen-bond acceptors (Lipinski definition) is 6. The van der Waals surface area contributed by atoms with Gasteiger partial charge in [0.2, 0.25) is 0 Å². The van der Waals surface area contributed by atoms with Gasteiger partial charge in [-0.3, -0.25) is 0 Å². The van der Waals surface area contributed by atoms with E-state index in [1.165, 1.54) is 29.5 Å². The van der Waals surface area contributed by atoms with E-state index in [1.807, 2.05) is 24.3 Å². The molecule has 2 heterocycles. The number of carbonyl (C=O) groups is 1. The average molecular weight is 260 g/mol. The van der Waals surface area contributed by atoms with Crippen LogP contribution in [0.3, 0.4) is 0 Å². The Bertz CT molecular complexity index is 705. The van der Waals surface area contributed by atoms with Gasteiger partial charge in [-0.2, -0.15) is 4.68 Å². The third-order valence-corrected chi connectivity index (χ3v) is 3.68. The van der Waals surface area contributed by atoms with Crippen molar-refractivity contribution in [3.63, 3.8) is 0 Å². The minimum atomic E-state index is -0.391. The first-order chi connectivity index (χ1) is 8.81. The maximum Gasteiger partial charge on any atom is 0.341 e. The normalized spacial score (nSPS) is 10.7. The summed E-state index contributed by atoms with van der Waals surface area (Å²) in [5, 5.41) is 12.5. The van der Waals surface area contributed by atoms with Gasteiger partial charge in [-0.25, -0.2) is 4.79 Å². The zero-order valence-corrected chi connectivity index (χ0v) is 10.2. The SMILES string of the molecule is COC(=O)c1c(-n2cnnn2)sc2ccccc12. The number of hydrogen-bond donors (Lipinski definition) is 0. The van der Waals surface area contributed by atoms with Gasteiger partial charge in [-0.05, 0) is 16.5 Å². The molecular weight excluding hydrogens is 252 g/mol. The number of esters is 1. The molecule has 1 aromatic carbocycles. The number of nitrogens with zero attached hydrogens (tertiary/aromatic N) is 4. The smallest absolute Gasteiger partial charge is 0.341 e. The molecule has 0 aliphatic carbocycles. The summed E-state index contributed by atoms with van der Waals surface area (Å²) in [6, 6.07) is 7.63. The molecule has 3 rings (SSSR count). The molecule has 0 amide bonds. The second kappa shape index (κ2) is 4.19. The molecule has 0 saturated heterocycles. The molecule has 90 valence electrons. The number of tetrazole rings is 1. The molecule has 6 nitrogen and oxygen atoms in total. The van der Waals surface area contributed by atoms with E-state index < -0.39 is 5.97 Å². The Balaban J connectivity index is 2.33. The Morgan fingerprint density at radius 3 is 2.94 bits per heavy atom. The van der Waals surface area contributed by atoms with Crippen molar-refractivity contribution in [3.05, 3.63) is 36.2 Å². The summed E-state index contributed by atoms with van der Waals surface area (Å²) >= 11 is 1.44. The number of benzene rings is 1. The Morgan fingerprint density at radius 2 is 2.22 bits per heavy atom. The highest BCUT2D eigenvalue weighted by Gasteiger charge is 2.21. The number of aromatic nitrogens is 4. The lowest BCUT2D eigenvalue weighted by Crippen LogP contribution is -2.05. The van der Waals surface area contributed by atoms with Crippen molar-refractivity contribution < 1.29 is 9.53 Å². The van der Waals surface area contributed by atoms with E-state index in [2.05, 4.69) is 15.5 Å². The molecule has 2 aromatic heterocycles. The van der Waals surface area contributed by atoms with E-state index in [9.17, 15) is 4.79 Å². The van der Waals surface area contributed by atoms with Gasteiger partial charge in [0.1, 0.15) is 16.9 Å². The van der Waals surface area contributed by atoms with E-state index >= 15 is 0 Å². The Hall–Kier alpha value is -2.28. The van der Waals surface area contributed by atoms with Crippen LogP contribution in [0.1, 0.15) is 10.4 Å². The first-order valence-electron chi connectivity index (χ1n) is 5.14. The molecule has 7 heteroatoms. The predicted molar refractivity (Wildman–Crippen MR) is 65.9 cm³/mol. The third kappa shape index (κ3) is 1.56. The topological polar surface area (TPSA) is 69.9 Å². The van der Waals surface area contributed by atoms with Crippen molar-refractivity contribution in [2.75, 3.05) is 7.11 Å². The molecule has 0 saturated carbocycles. The molecule has 0 spiro atoms. The van der Waals surface area contributed by atoms with E-state index in [4.69, 9.17) is 4.74 Å². The van der Waals surface area contributed by atoms with Crippen LogP contribution in [0.2, 0.25) is 0 Å². The number of thiophene rings is 1. The van der Waals surface area contributed by atoms with Crippen molar-refractivity contribution in [3.8, 4) is 5.00 Å². The minimum absolute atomic E-state index is 0.391. The van der Waals surface area contributed by atoms with Crippen molar-refractivity contribution in [1.29, 1.82) is 0 Å². The largest absolute Gasteiger partial charge is 0.465 e. The lowest BCUT2D eigenvalue weighted by atomic mass is 10.1. The molecular formula is C11H8N4O2S. The summed E-state index contributed by atoms with van der Waals surface area (Å²) in [4.78, 5) is 11.9. The minimum Gasteiger partial charge on any atom is -0.465 e. The van der Waals surface area contributed by atoms with E-state index in [0.717, 1.165) is 10.1 Å². The average Bonchev–Trinajstić information content (AvgIpc) is 3.04. The fourth-order valence-electron chi connectivity index (χ4n) is 1.75. The van der Waals surface area contributed by atoms with Gasteiger partial charge < -0.3 is 4.74 Å². The van der Waals surface area contributed by atoms with Gasteiger partial charge in [0.25, 0.3) is 0 Å². The number of ether oxygens (including phenoxy) is 1. The van der Waals surface area contributed by atoms with Crippen molar-refractivity contribution in [2.45, 2.75) is 0 Å². The highest BCUT2D eigenvalue weighted by molar-refractivity contribution is 7.21. The molecule has 0 N–H and O–H groups in total. The fraction of sp³-hybridized carbons (Fsp3) is 0.0909. The van der Waals surface area contributed by atoms with Gasteiger partial charge >= 0.3 is 5.97 Å². The summed E-state index contributed by atoms with van der Waals surface area (Å²) in [5.41, 5.74) is 0.491. The van der Waals surface area contributed by atoms with E-state index in [1.54, 1.807) is 0 Å². The summed E-state index contributed by atoms with van der Waals surface area (Å²) < 4.78 is 7.29. The molecule has 0 atom stereocenters. The Morgan fingerprint density at radius 1 is 1.39 bits per heavy atom. The second-order valence-electron chi connectivity index (χ2n) is 3.52. The zero-order chi connectivity index (χ0) is 12.5. The Labute approximate surface area is 106 Å². The quantitative estimate of drug-likeness (QED) is 0.655. The van der Waals surface area contributed by atoms with Crippen LogP contribution in [-0.2, 0) is 4.74 Å². The fourth-order valence-corrected chi connectivity index (χ4v) is 2.86. The van der Waals surface area contributed by atoms with Crippen LogP contribution in [0.15, 0.2) is 30.6 Å². The maximum atomic E-state index is 11.9. The molecule has 0 bridgehead atoms. The van der Waals surface area contributed by atoms with Crippen molar-refractivity contribution >= 4 is 27.4 Å². The van der Waals surface area contributed by atoms with Crippen LogP contribution in [0, 0.1) is 0 Å². The van der Waals surface area contributed by atoms with Crippen LogP contribution in [0.25, 0.3) is 15.1 Å². The van der Waals surface area contributed by atoms with Gasteiger partial charge in [-0.1, -0.05) is 18.2 Å². The highest BCUT2D eigenvalue weighted by Crippen LogP contribution is 2.33. The first-order valence-corrected chi connectivity index (χ1v) is 5.96. The molecule has 18 heavy (non-hydrogen) atoms. The summed E-state index contributed by atoms with van der Waals surface area (Å²) in [6.07, 6.45) is 1.46. The molecule has 0 aliphatic rings. The summed E-state index contributed by atoms with van der Waals surface area (Å²) in [7, 11) is 1.36. The van der Waals surface area contributed by atoms with Gasteiger partial charge in [-0.15, -0.1) is 16.4 Å². The molecule has 0 unspecified atom stereocenters. The van der Waals surface area contributed by atoms with Crippen molar-refractivity contribution in [2.24, 2.45) is 0 Å². The predicted octanol–water partition coefficient (Wildman–Crippen LogP) is 1.66.